The standard InChI is InChI=1S/C10H18N2/c1-2-8-9-4-3-7(6-12-9)10(8)11-5-1/h7-12H,1-6H2. The Bertz CT molecular complexity index is 153. The van der Waals surface area contributed by atoms with Crippen molar-refractivity contribution in [1.29, 1.82) is 0 Å². The number of hydrogen-bond acceptors (Lipinski definition) is 2. The molecule has 2 heteroatoms. The molecule has 2 N–H and O–H groups in total. The Balaban J connectivity index is 1.83. The Morgan fingerprint density at radius 2 is 2.00 bits per heavy atom. The summed E-state index contributed by atoms with van der Waals surface area (Å²) in [5.41, 5.74) is 0. The van der Waals surface area contributed by atoms with Gasteiger partial charge in [0.05, 0.1) is 0 Å². The van der Waals surface area contributed by atoms with Crippen molar-refractivity contribution in [3.63, 3.8) is 0 Å². The highest BCUT2D eigenvalue weighted by molar-refractivity contribution is 5.02. The van der Waals surface area contributed by atoms with E-state index in [2.05, 4.69) is 10.6 Å². The second kappa shape index (κ2) is 2.71. The van der Waals surface area contributed by atoms with E-state index in [4.69, 9.17) is 0 Å². The summed E-state index contributed by atoms with van der Waals surface area (Å²) in [6, 6.07) is 1.73. The van der Waals surface area contributed by atoms with Crippen LogP contribution in [0.5, 0.6) is 0 Å². The summed E-state index contributed by atoms with van der Waals surface area (Å²) in [7, 11) is 0. The van der Waals surface area contributed by atoms with Gasteiger partial charge in [-0.15, -0.1) is 0 Å². The lowest BCUT2D eigenvalue weighted by Crippen LogP contribution is -2.64. The van der Waals surface area contributed by atoms with Crippen LogP contribution < -0.4 is 10.6 Å². The molecule has 4 rings (SSSR count). The van der Waals surface area contributed by atoms with Crippen LogP contribution in [0.2, 0.25) is 0 Å². The molecule has 12 heavy (non-hydrogen) atoms. The van der Waals surface area contributed by atoms with E-state index in [1.807, 2.05) is 0 Å². The molecule has 1 aliphatic carbocycles. The molecule has 0 spiro atoms. The van der Waals surface area contributed by atoms with E-state index >= 15 is 0 Å². The van der Waals surface area contributed by atoms with Crippen LogP contribution >= 0.6 is 0 Å². The van der Waals surface area contributed by atoms with E-state index in [-0.39, 0.29) is 0 Å². The maximum Gasteiger partial charge on any atom is 0.0151 e. The highest BCUT2D eigenvalue weighted by Gasteiger charge is 2.43. The fourth-order valence-electron chi connectivity index (χ4n) is 3.48. The molecule has 0 aromatic rings. The summed E-state index contributed by atoms with van der Waals surface area (Å²) in [5.74, 6) is 1.91. The van der Waals surface area contributed by atoms with E-state index in [1.165, 1.54) is 38.8 Å². The molecule has 3 heterocycles. The zero-order valence-corrected chi connectivity index (χ0v) is 7.55. The molecule has 3 aliphatic heterocycles. The van der Waals surface area contributed by atoms with E-state index in [9.17, 15) is 0 Å². The van der Waals surface area contributed by atoms with Crippen LogP contribution in [0.1, 0.15) is 25.7 Å². The van der Waals surface area contributed by atoms with Crippen molar-refractivity contribution < 1.29 is 0 Å². The molecule has 1 saturated carbocycles. The monoisotopic (exact) mass is 166 g/mol. The lowest BCUT2D eigenvalue weighted by molar-refractivity contribution is 0.0604. The van der Waals surface area contributed by atoms with Crippen molar-refractivity contribution in [2.45, 2.75) is 37.8 Å². The molecule has 3 saturated heterocycles. The highest BCUT2D eigenvalue weighted by atomic mass is 15.1. The van der Waals surface area contributed by atoms with Gasteiger partial charge in [0.25, 0.3) is 0 Å². The van der Waals surface area contributed by atoms with Gasteiger partial charge in [0, 0.05) is 12.1 Å². The van der Waals surface area contributed by atoms with Gasteiger partial charge in [-0.25, -0.2) is 0 Å². The van der Waals surface area contributed by atoms with E-state index < -0.39 is 0 Å². The molecule has 4 aliphatic rings. The van der Waals surface area contributed by atoms with Gasteiger partial charge in [-0.05, 0) is 50.6 Å². The Kier molecular flexibility index (Phi) is 1.66. The number of piperidine rings is 3. The second-order valence-corrected chi connectivity index (χ2v) is 4.64. The Morgan fingerprint density at radius 1 is 1.00 bits per heavy atom. The second-order valence-electron chi connectivity index (χ2n) is 4.64. The van der Waals surface area contributed by atoms with Gasteiger partial charge in [-0.3, -0.25) is 0 Å². The van der Waals surface area contributed by atoms with Gasteiger partial charge in [0.15, 0.2) is 0 Å². The molecule has 0 aromatic heterocycles. The molecule has 0 amide bonds. The summed E-state index contributed by atoms with van der Waals surface area (Å²) >= 11 is 0. The van der Waals surface area contributed by atoms with Gasteiger partial charge >= 0.3 is 0 Å². The summed E-state index contributed by atoms with van der Waals surface area (Å²) in [4.78, 5) is 0. The molecule has 68 valence electrons. The molecule has 4 atom stereocenters. The summed E-state index contributed by atoms with van der Waals surface area (Å²) in [6.45, 7) is 2.54. The fourth-order valence-corrected chi connectivity index (χ4v) is 3.48. The van der Waals surface area contributed by atoms with E-state index in [0.29, 0.717) is 0 Å². The number of rotatable bonds is 0. The van der Waals surface area contributed by atoms with Crippen LogP contribution in [0, 0.1) is 11.8 Å². The van der Waals surface area contributed by atoms with Crippen molar-refractivity contribution in [1.82, 2.24) is 10.6 Å². The molecule has 2 nitrogen and oxygen atoms in total. The third-order valence-electron chi connectivity index (χ3n) is 4.07. The maximum atomic E-state index is 3.71. The fraction of sp³-hybridized carbons (Fsp3) is 1.00. The molecule has 4 unspecified atom stereocenters. The smallest absolute Gasteiger partial charge is 0.0151 e. The Morgan fingerprint density at radius 3 is 2.75 bits per heavy atom. The topological polar surface area (TPSA) is 24.1 Å². The zero-order chi connectivity index (χ0) is 7.97. The molecule has 4 fully saturated rings. The first-order chi connectivity index (χ1) is 5.95. The SMILES string of the molecule is C1CNC2C3CCC(NC3)C2C1. The van der Waals surface area contributed by atoms with Gasteiger partial charge < -0.3 is 10.6 Å². The molecule has 2 bridgehead atoms. The minimum atomic E-state index is 0.854. The number of fused-ring (bicyclic) bond motifs is 2. The van der Waals surface area contributed by atoms with Crippen molar-refractivity contribution in [2.75, 3.05) is 13.1 Å². The van der Waals surface area contributed by atoms with Crippen molar-refractivity contribution in [3.8, 4) is 0 Å². The average molecular weight is 166 g/mol. The number of nitrogens with one attached hydrogen (secondary N) is 2. The third-order valence-corrected chi connectivity index (χ3v) is 4.07. The van der Waals surface area contributed by atoms with Gasteiger partial charge in [-0.2, -0.15) is 0 Å². The highest BCUT2D eigenvalue weighted by Crippen LogP contribution is 2.37. The van der Waals surface area contributed by atoms with Crippen LogP contribution in [-0.4, -0.2) is 25.2 Å². The minimum Gasteiger partial charge on any atom is -0.313 e. The van der Waals surface area contributed by atoms with Crippen LogP contribution in [0.15, 0.2) is 0 Å². The first kappa shape index (κ1) is 7.34. The predicted molar refractivity (Wildman–Crippen MR) is 49.0 cm³/mol. The van der Waals surface area contributed by atoms with Crippen molar-refractivity contribution in [2.24, 2.45) is 11.8 Å². The van der Waals surface area contributed by atoms with Crippen molar-refractivity contribution in [3.05, 3.63) is 0 Å². The van der Waals surface area contributed by atoms with Gasteiger partial charge in [0.1, 0.15) is 0 Å². The summed E-state index contributed by atoms with van der Waals surface area (Å²) < 4.78 is 0. The lowest BCUT2D eigenvalue weighted by atomic mass is 9.67. The van der Waals surface area contributed by atoms with Gasteiger partial charge in [0.2, 0.25) is 0 Å². The van der Waals surface area contributed by atoms with Gasteiger partial charge in [-0.1, -0.05) is 0 Å². The largest absolute Gasteiger partial charge is 0.313 e. The molecule has 0 aromatic carbocycles. The lowest BCUT2D eigenvalue weighted by Gasteiger charge is -2.51. The third kappa shape index (κ3) is 0.944. The molecule has 0 radical (unpaired) electrons. The van der Waals surface area contributed by atoms with Crippen molar-refractivity contribution >= 4 is 0 Å². The van der Waals surface area contributed by atoms with E-state index in [0.717, 1.165) is 23.9 Å². The Labute approximate surface area is 74.1 Å². The van der Waals surface area contributed by atoms with E-state index in [1.54, 1.807) is 0 Å². The molecular formula is C10H18N2. The van der Waals surface area contributed by atoms with Crippen LogP contribution in [-0.2, 0) is 0 Å². The molecular weight excluding hydrogens is 148 g/mol. The summed E-state index contributed by atoms with van der Waals surface area (Å²) in [5, 5.41) is 7.39. The first-order valence-electron chi connectivity index (χ1n) is 5.42. The first-order valence-corrected chi connectivity index (χ1v) is 5.42. The minimum absolute atomic E-state index is 0.854. The van der Waals surface area contributed by atoms with Crippen LogP contribution in [0.25, 0.3) is 0 Å². The van der Waals surface area contributed by atoms with Crippen LogP contribution in [0.3, 0.4) is 0 Å². The Hall–Kier alpha value is -0.0800. The van der Waals surface area contributed by atoms with Crippen LogP contribution in [0.4, 0.5) is 0 Å². The maximum absolute atomic E-state index is 3.71. The zero-order valence-electron chi connectivity index (χ0n) is 7.55. The number of hydrogen-bond donors (Lipinski definition) is 2. The quantitative estimate of drug-likeness (QED) is 0.554. The summed E-state index contributed by atoms with van der Waals surface area (Å²) in [6.07, 6.45) is 5.76. The predicted octanol–water partition coefficient (Wildman–Crippen LogP) is 0.736. The average Bonchev–Trinajstić information content (AvgIpc) is 2.20. The normalized spacial score (nSPS) is 52.0.